The highest BCUT2D eigenvalue weighted by Gasteiger charge is 2.14. The Balaban J connectivity index is 1.29. The van der Waals surface area contributed by atoms with Crippen molar-refractivity contribution in [3.05, 3.63) is 41.3 Å². The van der Waals surface area contributed by atoms with Crippen LogP contribution in [0.2, 0.25) is 0 Å². The molecule has 3 heterocycles. The number of nitrogens with one attached hydrogen (secondary N) is 1. The summed E-state index contributed by atoms with van der Waals surface area (Å²) < 4.78 is 10.8. The fourth-order valence-electron chi connectivity index (χ4n) is 3.70. The van der Waals surface area contributed by atoms with Crippen molar-refractivity contribution in [3.8, 4) is 10.4 Å². The number of carbonyl (C=O) groups is 1. The molecule has 156 valence electrons. The lowest BCUT2D eigenvalue weighted by Gasteiger charge is -2.29. The summed E-state index contributed by atoms with van der Waals surface area (Å²) in [6, 6.07) is 12.8. The molecule has 1 aromatic carbocycles. The van der Waals surface area contributed by atoms with E-state index < -0.39 is 0 Å². The third kappa shape index (κ3) is 5.79. The first kappa shape index (κ1) is 20.3. The molecule has 0 unspecified atom stereocenters. The maximum atomic E-state index is 12.3. The number of nitrogens with zero attached hydrogens (tertiary/aromatic N) is 2. The molecule has 0 bridgehead atoms. The molecule has 29 heavy (non-hydrogen) atoms. The van der Waals surface area contributed by atoms with Gasteiger partial charge in [-0.25, -0.2) is 0 Å². The summed E-state index contributed by atoms with van der Waals surface area (Å²) >= 11 is 1.70. The van der Waals surface area contributed by atoms with Crippen LogP contribution in [0.3, 0.4) is 0 Å². The highest BCUT2D eigenvalue weighted by Crippen LogP contribution is 2.31. The van der Waals surface area contributed by atoms with E-state index in [0.29, 0.717) is 13.0 Å². The van der Waals surface area contributed by atoms with Crippen LogP contribution in [0.4, 0.5) is 5.69 Å². The Kier molecular flexibility index (Phi) is 7.16. The van der Waals surface area contributed by atoms with Crippen molar-refractivity contribution in [2.75, 3.05) is 70.6 Å². The van der Waals surface area contributed by atoms with Gasteiger partial charge in [0.2, 0.25) is 5.91 Å². The highest BCUT2D eigenvalue weighted by molar-refractivity contribution is 7.15. The smallest absolute Gasteiger partial charge is 0.225 e. The van der Waals surface area contributed by atoms with Crippen molar-refractivity contribution in [2.24, 2.45) is 0 Å². The fraction of sp³-hybridized carbons (Fsp3) is 0.500. The fourth-order valence-corrected chi connectivity index (χ4v) is 4.71. The van der Waals surface area contributed by atoms with Crippen LogP contribution in [-0.2, 0) is 20.7 Å². The van der Waals surface area contributed by atoms with Gasteiger partial charge < -0.3 is 19.7 Å². The van der Waals surface area contributed by atoms with E-state index in [1.54, 1.807) is 11.3 Å². The summed E-state index contributed by atoms with van der Waals surface area (Å²) in [5.74, 6) is 0.0914. The van der Waals surface area contributed by atoms with Gasteiger partial charge in [-0.3, -0.25) is 9.69 Å². The molecule has 2 aromatic rings. The molecule has 0 radical (unpaired) electrons. The van der Waals surface area contributed by atoms with Crippen LogP contribution in [0.25, 0.3) is 10.4 Å². The minimum absolute atomic E-state index is 0.0914. The van der Waals surface area contributed by atoms with E-state index in [0.717, 1.165) is 64.0 Å². The second-order valence-electron chi connectivity index (χ2n) is 7.40. The predicted octanol–water partition coefficient (Wildman–Crippen LogP) is 2.24. The average molecular weight is 416 g/mol. The van der Waals surface area contributed by atoms with E-state index >= 15 is 0 Å². The maximum Gasteiger partial charge on any atom is 0.225 e. The van der Waals surface area contributed by atoms with Crippen LogP contribution in [0.15, 0.2) is 36.4 Å². The van der Waals surface area contributed by atoms with Gasteiger partial charge in [-0.15, -0.1) is 11.3 Å². The molecule has 6 nitrogen and oxygen atoms in total. The zero-order valence-corrected chi connectivity index (χ0v) is 17.6. The van der Waals surface area contributed by atoms with Gasteiger partial charge in [0, 0.05) is 54.7 Å². The number of benzene rings is 1. The Labute approximate surface area is 176 Å². The van der Waals surface area contributed by atoms with Crippen molar-refractivity contribution >= 4 is 22.9 Å². The van der Waals surface area contributed by atoms with Crippen molar-refractivity contribution in [3.63, 3.8) is 0 Å². The molecule has 4 rings (SSSR count). The molecule has 0 atom stereocenters. The third-order valence-corrected chi connectivity index (χ3v) is 6.49. The first-order valence-electron chi connectivity index (χ1n) is 10.4. The van der Waals surface area contributed by atoms with Crippen molar-refractivity contribution in [1.29, 1.82) is 0 Å². The average Bonchev–Trinajstić information content (AvgIpc) is 3.24. The number of thiophene rings is 1. The third-order valence-electron chi connectivity index (χ3n) is 5.36. The minimum Gasteiger partial charge on any atom is -0.379 e. The molecule has 1 aromatic heterocycles. The zero-order valence-electron chi connectivity index (χ0n) is 16.8. The number of anilines is 1. The predicted molar refractivity (Wildman–Crippen MR) is 117 cm³/mol. The topological polar surface area (TPSA) is 54.0 Å². The molecule has 2 aliphatic heterocycles. The van der Waals surface area contributed by atoms with E-state index in [-0.39, 0.29) is 5.91 Å². The van der Waals surface area contributed by atoms with Gasteiger partial charge in [-0.05, 0) is 29.8 Å². The molecule has 0 spiro atoms. The summed E-state index contributed by atoms with van der Waals surface area (Å²) in [7, 11) is 0. The quantitative estimate of drug-likeness (QED) is 0.752. The van der Waals surface area contributed by atoms with Gasteiger partial charge in [0.05, 0.1) is 32.8 Å². The second kappa shape index (κ2) is 10.2. The molecule has 2 aliphatic rings. The van der Waals surface area contributed by atoms with Crippen molar-refractivity contribution < 1.29 is 14.3 Å². The largest absolute Gasteiger partial charge is 0.379 e. The van der Waals surface area contributed by atoms with Gasteiger partial charge in [0.15, 0.2) is 0 Å². The van der Waals surface area contributed by atoms with E-state index in [9.17, 15) is 4.79 Å². The lowest BCUT2D eigenvalue weighted by molar-refractivity contribution is -0.120. The van der Waals surface area contributed by atoms with E-state index in [1.807, 2.05) is 0 Å². The number of amides is 1. The first-order chi connectivity index (χ1) is 14.3. The van der Waals surface area contributed by atoms with E-state index in [1.165, 1.54) is 16.1 Å². The van der Waals surface area contributed by atoms with Crippen molar-refractivity contribution in [2.45, 2.75) is 6.42 Å². The van der Waals surface area contributed by atoms with Crippen LogP contribution in [0.5, 0.6) is 0 Å². The second-order valence-corrected chi connectivity index (χ2v) is 8.56. The molecule has 1 N–H and O–H groups in total. The Morgan fingerprint density at radius 3 is 2.55 bits per heavy atom. The molecule has 2 fully saturated rings. The molecule has 0 aliphatic carbocycles. The minimum atomic E-state index is 0.0914. The summed E-state index contributed by atoms with van der Waals surface area (Å²) in [6.45, 7) is 8.51. The van der Waals surface area contributed by atoms with Crippen LogP contribution in [-0.4, -0.2) is 76.5 Å². The lowest BCUT2D eigenvalue weighted by atomic mass is 10.1. The van der Waals surface area contributed by atoms with E-state index in [4.69, 9.17) is 9.47 Å². The number of morpholine rings is 2. The van der Waals surface area contributed by atoms with Crippen LogP contribution in [0, 0.1) is 0 Å². The Morgan fingerprint density at radius 1 is 1.00 bits per heavy atom. The molecule has 0 saturated carbocycles. The lowest BCUT2D eigenvalue weighted by Crippen LogP contribution is -2.41. The number of hydrogen-bond acceptors (Lipinski definition) is 6. The summed E-state index contributed by atoms with van der Waals surface area (Å²) in [6.07, 6.45) is 0.441. The van der Waals surface area contributed by atoms with Gasteiger partial charge in [-0.2, -0.15) is 0 Å². The molecule has 2 saturated heterocycles. The molecular formula is C22H29N3O3S. The summed E-state index contributed by atoms with van der Waals surface area (Å²) in [5, 5.41) is 3.05. The first-order valence-corrected chi connectivity index (χ1v) is 11.2. The number of ether oxygens (including phenoxy) is 2. The SMILES string of the molecule is O=C(Cc1ccc(-c2cccc(N3CCOCC3)c2)s1)NCCN1CCOCC1. The monoisotopic (exact) mass is 415 g/mol. The number of carbonyl (C=O) groups excluding carboxylic acids is 1. The Hall–Kier alpha value is -1.93. The summed E-state index contributed by atoms with van der Waals surface area (Å²) in [5.41, 5.74) is 2.44. The number of rotatable bonds is 7. The van der Waals surface area contributed by atoms with Crippen LogP contribution in [0.1, 0.15) is 4.88 Å². The van der Waals surface area contributed by atoms with Gasteiger partial charge in [0.1, 0.15) is 0 Å². The van der Waals surface area contributed by atoms with Gasteiger partial charge in [0.25, 0.3) is 0 Å². The maximum absolute atomic E-state index is 12.3. The normalized spacial score (nSPS) is 18.0. The molecular weight excluding hydrogens is 386 g/mol. The molecule has 1 amide bonds. The Morgan fingerprint density at radius 2 is 1.76 bits per heavy atom. The molecule has 7 heteroatoms. The van der Waals surface area contributed by atoms with Crippen LogP contribution >= 0.6 is 11.3 Å². The number of hydrogen-bond donors (Lipinski definition) is 1. The highest BCUT2D eigenvalue weighted by atomic mass is 32.1. The van der Waals surface area contributed by atoms with Crippen molar-refractivity contribution in [1.82, 2.24) is 10.2 Å². The Bertz CT molecular complexity index is 798. The van der Waals surface area contributed by atoms with Gasteiger partial charge >= 0.3 is 0 Å². The summed E-state index contributed by atoms with van der Waals surface area (Å²) in [4.78, 5) is 19.3. The zero-order chi connectivity index (χ0) is 19.9. The van der Waals surface area contributed by atoms with Crippen LogP contribution < -0.4 is 10.2 Å². The standard InChI is InChI=1S/C22H29N3O3S/c26-22(23-6-7-24-8-12-27-13-9-24)17-20-4-5-21(29-20)18-2-1-3-19(16-18)25-10-14-28-15-11-25/h1-5,16H,6-15,17H2,(H,23,26). The van der Waals surface area contributed by atoms with E-state index in [2.05, 4.69) is 51.5 Å². The van der Waals surface area contributed by atoms with Gasteiger partial charge in [-0.1, -0.05) is 12.1 Å².